The summed E-state index contributed by atoms with van der Waals surface area (Å²) >= 11 is 0. The molecule has 34 heavy (non-hydrogen) atoms. The van der Waals surface area contributed by atoms with Crippen LogP contribution in [-0.4, -0.2) is 25.3 Å². The van der Waals surface area contributed by atoms with Crippen LogP contribution < -0.4 is 10.2 Å². The minimum absolute atomic E-state index is 0.0152. The van der Waals surface area contributed by atoms with E-state index in [0.717, 1.165) is 50.0 Å². The molecular formula is C29H32F2N3+. The van der Waals surface area contributed by atoms with Crippen LogP contribution in [0.25, 0.3) is 0 Å². The van der Waals surface area contributed by atoms with Gasteiger partial charge in [0, 0.05) is 49.5 Å². The summed E-state index contributed by atoms with van der Waals surface area (Å²) in [6, 6.07) is 24.4. The SMILES string of the molecule is N=CC1CC2(Cc3ccc(F)cc3)CN(c3ccccc3)CCC2CC1[NH2+]c1ccc(F)cc1. The van der Waals surface area contributed by atoms with Gasteiger partial charge in [-0.2, -0.15) is 0 Å². The van der Waals surface area contributed by atoms with Crippen LogP contribution in [0.3, 0.4) is 0 Å². The molecule has 0 radical (unpaired) electrons. The molecule has 4 unspecified atom stereocenters. The van der Waals surface area contributed by atoms with Crippen molar-refractivity contribution in [3.05, 3.63) is 96.1 Å². The Morgan fingerprint density at radius 3 is 2.29 bits per heavy atom. The van der Waals surface area contributed by atoms with Gasteiger partial charge in [0.1, 0.15) is 17.3 Å². The molecule has 3 aromatic rings. The summed E-state index contributed by atoms with van der Waals surface area (Å²) in [5.74, 6) is 0.200. The van der Waals surface area contributed by atoms with E-state index < -0.39 is 0 Å². The lowest BCUT2D eigenvalue weighted by atomic mass is 9.56. The van der Waals surface area contributed by atoms with Crippen LogP contribution in [0.5, 0.6) is 0 Å². The number of hydrogen-bond donors (Lipinski definition) is 2. The molecule has 0 spiro atoms. The quantitative estimate of drug-likeness (QED) is 0.378. The maximum atomic E-state index is 13.6. The second-order valence-corrected chi connectivity index (χ2v) is 10.1. The maximum absolute atomic E-state index is 13.6. The Labute approximate surface area is 200 Å². The van der Waals surface area contributed by atoms with Crippen molar-refractivity contribution >= 4 is 17.6 Å². The van der Waals surface area contributed by atoms with E-state index >= 15 is 0 Å². The normalized spacial score (nSPS) is 26.6. The molecule has 0 bridgehead atoms. The molecule has 1 aliphatic heterocycles. The average Bonchev–Trinajstić information content (AvgIpc) is 2.87. The molecule has 0 amide bonds. The number of nitrogens with two attached hydrogens (primary N) is 1. The number of nitrogens with zero attached hydrogens (tertiary/aromatic N) is 1. The first-order valence-corrected chi connectivity index (χ1v) is 12.2. The van der Waals surface area contributed by atoms with Crippen molar-refractivity contribution in [2.24, 2.45) is 17.3 Å². The number of rotatable bonds is 6. The lowest BCUT2D eigenvalue weighted by molar-refractivity contribution is -0.621. The molecule has 1 heterocycles. The summed E-state index contributed by atoms with van der Waals surface area (Å²) < 4.78 is 27.0. The molecule has 5 rings (SSSR count). The van der Waals surface area contributed by atoms with E-state index in [4.69, 9.17) is 5.41 Å². The number of anilines is 1. The Morgan fingerprint density at radius 1 is 0.941 bits per heavy atom. The summed E-state index contributed by atoms with van der Waals surface area (Å²) in [6.45, 7) is 1.95. The summed E-state index contributed by atoms with van der Waals surface area (Å²) in [5, 5.41) is 10.5. The van der Waals surface area contributed by atoms with Gasteiger partial charge >= 0.3 is 0 Å². The smallest absolute Gasteiger partial charge is 0.129 e. The molecule has 1 aliphatic carbocycles. The second kappa shape index (κ2) is 9.67. The number of para-hydroxylation sites is 1. The molecule has 176 valence electrons. The molecular weight excluding hydrogens is 428 g/mol. The predicted octanol–water partition coefficient (Wildman–Crippen LogP) is 5.34. The summed E-state index contributed by atoms with van der Waals surface area (Å²) in [4.78, 5) is 2.49. The van der Waals surface area contributed by atoms with Gasteiger partial charge < -0.3 is 15.6 Å². The van der Waals surface area contributed by atoms with E-state index in [-0.39, 0.29) is 29.0 Å². The standard InChI is InChI=1S/C29H31F2N3/c30-24-8-6-21(7-9-24)17-29-18-22(19-32)28(33-26-12-10-25(31)11-13-26)16-23(29)14-15-34(20-29)27-4-2-1-3-5-27/h1-13,19,22-23,28,32-33H,14-18,20H2/p+1. The van der Waals surface area contributed by atoms with Crippen molar-refractivity contribution < 1.29 is 14.1 Å². The van der Waals surface area contributed by atoms with Gasteiger partial charge in [-0.25, -0.2) is 8.78 Å². The van der Waals surface area contributed by atoms with Crippen LogP contribution in [0.4, 0.5) is 20.2 Å². The van der Waals surface area contributed by atoms with Crippen molar-refractivity contribution in [2.45, 2.75) is 31.7 Å². The van der Waals surface area contributed by atoms with Crippen LogP contribution in [-0.2, 0) is 6.42 Å². The molecule has 1 saturated heterocycles. The average molecular weight is 461 g/mol. The van der Waals surface area contributed by atoms with Gasteiger partial charge in [-0.05, 0) is 72.6 Å². The molecule has 3 nitrogen and oxygen atoms in total. The molecule has 5 heteroatoms. The molecule has 0 aromatic heterocycles. The molecule has 2 aliphatic rings. The third-order valence-electron chi connectivity index (χ3n) is 7.95. The van der Waals surface area contributed by atoms with E-state index in [2.05, 4.69) is 34.5 Å². The topological polar surface area (TPSA) is 43.7 Å². The zero-order valence-corrected chi connectivity index (χ0v) is 19.3. The van der Waals surface area contributed by atoms with Gasteiger partial charge in [-0.15, -0.1) is 0 Å². The van der Waals surface area contributed by atoms with Gasteiger partial charge in [0.05, 0.1) is 6.04 Å². The first-order chi connectivity index (χ1) is 16.5. The number of quaternary nitrogens is 1. The fourth-order valence-electron chi connectivity index (χ4n) is 6.26. The third-order valence-corrected chi connectivity index (χ3v) is 7.95. The maximum Gasteiger partial charge on any atom is 0.129 e. The van der Waals surface area contributed by atoms with Gasteiger partial charge in [0.25, 0.3) is 0 Å². The fourth-order valence-corrected chi connectivity index (χ4v) is 6.26. The van der Waals surface area contributed by atoms with Crippen LogP contribution in [0.1, 0.15) is 24.8 Å². The molecule has 3 aromatic carbocycles. The minimum atomic E-state index is -0.226. The third kappa shape index (κ3) is 4.76. The van der Waals surface area contributed by atoms with Crippen LogP contribution in [0, 0.1) is 34.3 Å². The molecule has 4 atom stereocenters. The Balaban J connectivity index is 1.44. The Kier molecular flexibility index (Phi) is 6.46. The van der Waals surface area contributed by atoms with Crippen LogP contribution >= 0.6 is 0 Å². The van der Waals surface area contributed by atoms with Crippen molar-refractivity contribution in [2.75, 3.05) is 18.0 Å². The Bertz CT molecular complexity index is 1100. The van der Waals surface area contributed by atoms with Gasteiger partial charge in [-0.3, -0.25) is 0 Å². The molecule has 2 fully saturated rings. The van der Waals surface area contributed by atoms with Crippen molar-refractivity contribution in [1.29, 1.82) is 5.41 Å². The molecule has 1 saturated carbocycles. The number of hydrogen-bond acceptors (Lipinski definition) is 2. The lowest BCUT2D eigenvalue weighted by Crippen LogP contribution is -2.88. The number of piperidine rings is 1. The van der Waals surface area contributed by atoms with Crippen molar-refractivity contribution in [3.8, 4) is 0 Å². The Morgan fingerprint density at radius 2 is 1.62 bits per heavy atom. The second-order valence-electron chi connectivity index (χ2n) is 10.1. The van der Waals surface area contributed by atoms with Crippen molar-refractivity contribution in [1.82, 2.24) is 0 Å². The molecule has 3 N–H and O–H groups in total. The largest absolute Gasteiger partial charge is 0.371 e. The summed E-state index contributed by atoms with van der Waals surface area (Å²) in [7, 11) is 0. The van der Waals surface area contributed by atoms with E-state index in [1.54, 1.807) is 18.3 Å². The van der Waals surface area contributed by atoms with E-state index in [1.807, 2.05) is 30.3 Å². The van der Waals surface area contributed by atoms with Gasteiger partial charge in [-0.1, -0.05) is 30.3 Å². The van der Waals surface area contributed by atoms with E-state index in [1.165, 1.54) is 17.8 Å². The first-order valence-electron chi connectivity index (χ1n) is 12.2. The number of fused-ring (bicyclic) bond motifs is 1. The highest BCUT2D eigenvalue weighted by atomic mass is 19.1. The monoisotopic (exact) mass is 460 g/mol. The number of nitrogens with one attached hydrogen (secondary N) is 1. The van der Waals surface area contributed by atoms with E-state index in [9.17, 15) is 8.78 Å². The van der Waals surface area contributed by atoms with Gasteiger partial charge in [0.2, 0.25) is 0 Å². The van der Waals surface area contributed by atoms with Crippen molar-refractivity contribution in [3.63, 3.8) is 0 Å². The first kappa shape index (κ1) is 22.7. The summed E-state index contributed by atoms with van der Waals surface area (Å²) in [5.41, 5.74) is 3.43. The fraction of sp³-hybridized carbons (Fsp3) is 0.345. The number of halogens is 2. The zero-order chi connectivity index (χ0) is 23.5. The zero-order valence-electron chi connectivity index (χ0n) is 19.3. The highest BCUT2D eigenvalue weighted by molar-refractivity contribution is 5.58. The minimum Gasteiger partial charge on any atom is -0.371 e. The van der Waals surface area contributed by atoms with Crippen LogP contribution in [0.2, 0.25) is 0 Å². The Hall–Kier alpha value is -3.05. The highest BCUT2D eigenvalue weighted by Crippen LogP contribution is 2.50. The highest BCUT2D eigenvalue weighted by Gasteiger charge is 2.51. The van der Waals surface area contributed by atoms with E-state index in [0.29, 0.717) is 5.92 Å². The summed E-state index contributed by atoms with van der Waals surface area (Å²) in [6.07, 6.45) is 5.53. The lowest BCUT2D eigenvalue weighted by Gasteiger charge is -2.54. The number of benzene rings is 3. The van der Waals surface area contributed by atoms with Gasteiger partial charge in [0.15, 0.2) is 0 Å². The van der Waals surface area contributed by atoms with Crippen LogP contribution in [0.15, 0.2) is 78.9 Å². The predicted molar refractivity (Wildman–Crippen MR) is 133 cm³/mol.